The maximum Gasteiger partial charge on any atom is 0.251 e. The first-order chi connectivity index (χ1) is 6.79. The van der Waals surface area contributed by atoms with Gasteiger partial charge >= 0.3 is 0 Å². The Morgan fingerprint density at radius 1 is 1.40 bits per heavy atom. The summed E-state index contributed by atoms with van der Waals surface area (Å²) in [5.74, 6) is -0.297. The number of anilines is 1. The molecule has 1 aromatic rings. The minimum atomic E-state index is -0.298. The van der Waals surface area contributed by atoms with Gasteiger partial charge in [0.05, 0.1) is 5.69 Å². The topological polar surface area (TPSA) is 75.4 Å². The molecule has 82 valence electrons. The average Bonchev–Trinajstić information content (AvgIpc) is 2.06. The number of carbonyl (C=O) groups is 1. The number of nitrogens with two attached hydrogens (primary N) is 1. The van der Waals surface area contributed by atoms with Gasteiger partial charge in [0.15, 0.2) is 0 Å². The first kappa shape index (κ1) is 11.4. The molecule has 0 aliphatic rings. The molecule has 15 heavy (non-hydrogen) atoms. The van der Waals surface area contributed by atoms with Crippen LogP contribution in [-0.2, 0) is 0 Å². The second-order valence-corrected chi connectivity index (χ2v) is 4.48. The Morgan fingerprint density at radius 2 is 2.00 bits per heavy atom. The van der Waals surface area contributed by atoms with Crippen LogP contribution in [-0.4, -0.2) is 16.6 Å². The Kier molecular flexibility index (Phi) is 2.88. The summed E-state index contributed by atoms with van der Waals surface area (Å²) in [6.45, 7) is 5.67. The summed E-state index contributed by atoms with van der Waals surface area (Å²) in [7, 11) is 0. The summed E-state index contributed by atoms with van der Waals surface area (Å²) >= 11 is 0. The number of phenols is 1. The first-order valence-corrected chi connectivity index (χ1v) is 4.70. The maximum atomic E-state index is 11.7. The van der Waals surface area contributed by atoms with Gasteiger partial charge in [-0.3, -0.25) is 4.79 Å². The standard InChI is InChI=1S/C11H16N2O2/c1-11(2,3)13-10(15)7-4-5-8(12)9(14)6-7/h4-6,14H,12H2,1-3H3,(H,13,15). The predicted octanol–water partition coefficient (Wildman–Crippen LogP) is 1.50. The van der Waals surface area contributed by atoms with Gasteiger partial charge in [-0.05, 0) is 39.0 Å². The highest BCUT2D eigenvalue weighted by atomic mass is 16.3. The number of hydrogen-bond donors (Lipinski definition) is 3. The minimum Gasteiger partial charge on any atom is -0.506 e. The summed E-state index contributed by atoms with van der Waals surface area (Å²) in [4.78, 5) is 11.7. The van der Waals surface area contributed by atoms with E-state index in [1.165, 1.54) is 12.1 Å². The fraction of sp³-hybridized carbons (Fsp3) is 0.364. The van der Waals surface area contributed by atoms with Gasteiger partial charge in [0.25, 0.3) is 5.91 Å². The van der Waals surface area contributed by atoms with Crippen molar-refractivity contribution in [2.24, 2.45) is 0 Å². The van der Waals surface area contributed by atoms with Crippen LogP contribution in [0.4, 0.5) is 5.69 Å². The van der Waals surface area contributed by atoms with E-state index in [9.17, 15) is 9.90 Å². The SMILES string of the molecule is CC(C)(C)NC(=O)c1ccc(N)c(O)c1. The van der Waals surface area contributed by atoms with E-state index in [1.807, 2.05) is 20.8 Å². The largest absolute Gasteiger partial charge is 0.506 e. The lowest BCUT2D eigenvalue weighted by atomic mass is 10.1. The maximum absolute atomic E-state index is 11.7. The van der Waals surface area contributed by atoms with E-state index in [4.69, 9.17) is 5.73 Å². The Balaban J connectivity index is 2.88. The number of hydrogen-bond acceptors (Lipinski definition) is 3. The van der Waals surface area contributed by atoms with Gasteiger partial charge in [-0.2, -0.15) is 0 Å². The molecule has 4 heteroatoms. The number of carbonyl (C=O) groups excluding carboxylic acids is 1. The number of benzene rings is 1. The Bertz CT molecular complexity index is 381. The molecule has 0 heterocycles. The van der Waals surface area contributed by atoms with E-state index in [1.54, 1.807) is 6.07 Å². The highest BCUT2D eigenvalue weighted by molar-refractivity contribution is 5.95. The zero-order valence-electron chi connectivity index (χ0n) is 9.16. The Morgan fingerprint density at radius 3 is 2.47 bits per heavy atom. The number of amides is 1. The lowest BCUT2D eigenvalue weighted by molar-refractivity contribution is 0.0919. The zero-order valence-corrected chi connectivity index (χ0v) is 9.16. The molecule has 1 amide bonds. The number of nitrogen functional groups attached to an aromatic ring is 1. The minimum absolute atomic E-state index is 0.0726. The fourth-order valence-corrected chi connectivity index (χ4v) is 1.10. The van der Waals surface area contributed by atoms with Crippen LogP contribution in [0.1, 0.15) is 31.1 Å². The molecule has 0 aliphatic carbocycles. The quantitative estimate of drug-likeness (QED) is 0.483. The third kappa shape index (κ3) is 3.16. The van der Waals surface area contributed by atoms with E-state index < -0.39 is 0 Å². The molecule has 0 atom stereocenters. The van der Waals surface area contributed by atoms with Crippen molar-refractivity contribution in [2.45, 2.75) is 26.3 Å². The summed E-state index contributed by atoms with van der Waals surface area (Å²) in [6.07, 6.45) is 0. The second-order valence-electron chi connectivity index (χ2n) is 4.48. The Labute approximate surface area is 89.1 Å². The van der Waals surface area contributed by atoms with Gasteiger partial charge in [0.2, 0.25) is 0 Å². The number of rotatable bonds is 1. The van der Waals surface area contributed by atoms with Gasteiger partial charge in [0, 0.05) is 11.1 Å². The molecule has 0 unspecified atom stereocenters. The van der Waals surface area contributed by atoms with E-state index in [0.29, 0.717) is 5.56 Å². The molecule has 0 aliphatic heterocycles. The van der Waals surface area contributed by atoms with Crippen molar-refractivity contribution in [2.75, 3.05) is 5.73 Å². The molecule has 0 saturated carbocycles. The van der Waals surface area contributed by atoms with Gasteiger partial charge in [-0.15, -0.1) is 0 Å². The van der Waals surface area contributed by atoms with Crippen molar-refractivity contribution >= 4 is 11.6 Å². The van der Waals surface area contributed by atoms with Gasteiger partial charge < -0.3 is 16.2 Å². The van der Waals surface area contributed by atoms with Crippen LogP contribution < -0.4 is 11.1 Å². The van der Waals surface area contributed by atoms with Crippen molar-refractivity contribution in [1.82, 2.24) is 5.32 Å². The van der Waals surface area contributed by atoms with Crippen LogP contribution in [0, 0.1) is 0 Å². The van der Waals surface area contributed by atoms with Crippen LogP contribution in [0.5, 0.6) is 5.75 Å². The molecule has 0 radical (unpaired) electrons. The molecule has 4 N–H and O–H groups in total. The summed E-state index contributed by atoms with van der Waals surface area (Å²) in [5.41, 5.74) is 5.80. The number of nitrogens with one attached hydrogen (secondary N) is 1. The molecular formula is C11H16N2O2. The lowest BCUT2D eigenvalue weighted by Crippen LogP contribution is -2.40. The molecule has 0 fully saturated rings. The second kappa shape index (κ2) is 3.81. The third-order valence-electron chi connectivity index (χ3n) is 1.78. The van der Waals surface area contributed by atoms with Crippen LogP contribution in [0.2, 0.25) is 0 Å². The molecular weight excluding hydrogens is 192 g/mol. The fourth-order valence-electron chi connectivity index (χ4n) is 1.10. The molecule has 0 spiro atoms. The normalized spacial score (nSPS) is 11.1. The molecule has 0 saturated heterocycles. The molecule has 0 bridgehead atoms. The number of aromatic hydroxyl groups is 1. The van der Waals surface area contributed by atoms with Gasteiger partial charge in [0.1, 0.15) is 5.75 Å². The Hall–Kier alpha value is -1.71. The van der Waals surface area contributed by atoms with Crippen molar-refractivity contribution in [3.8, 4) is 5.75 Å². The predicted molar refractivity (Wildman–Crippen MR) is 59.7 cm³/mol. The smallest absolute Gasteiger partial charge is 0.251 e. The zero-order chi connectivity index (χ0) is 11.6. The molecule has 0 aromatic heterocycles. The summed E-state index contributed by atoms with van der Waals surface area (Å²) in [6, 6.07) is 4.44. The molecule has 1 aromatic carbocycles. The monoisotopic (exact) mass is 208 g/mol. The average molecular weight is 208 g/mol. The van der Waals surface area contributed by atoms with Crippen molar-refractivity contribution in [3.05, 3.63) is 23.8 Å². The lowest BCUT2D eigenvalue weighted by Gasteiger charge is -2.20. The van der Waals surface area contributed by atoms with E-state index >= 15 is 0 Å². The molecule has 1 rings (SSSR count). The van der Waals surface area contributed by atoms with Crippen molar-refractivity contribution in [1.29, 1.82) is 0 Å². The third-order valence-corrected chi connectivity index (χ3v) is 1.78. The van der Waals surface area contributed by atoms with Gasteiger partial charge in [-0.25, -0.2) is 0 Å². The van der Waals surface area contributed by atoms with E-state index in [-0.39, 0.29) is 22.9 Å². The summed E-state index contributed by atoms with van der Waals surface area (Å²) in [5, 5.41) is 12.1. The highest BCUT2D eigenvalue weighted by Crippen LogP contribution is 2.20. The van der Waals surface area contributed by atoms with E-state index in [0.717, 1.165) is 0 Å². The van der Waals surface area contributed by atoms with Crippen LogP contribution in [0.15, 0.2) is 18.2 Å². The molecule has 4 nitrogen and oxygen atoms in total. The van der Waals surface area contributed by atoms with Crippen LogP contribution in [0.25, 0.3) is 0 Å². The summed E-state index contributed by atoms with van der Waals surface area (Å²) < 4.78 is 0. The first-order valence-electron chi connectivity index (χ1n) is 4.70. The van der Waals surface area contributed by atoms with Crippen molar-refractivity contribution in [3.63, 3.8) is 0 Å². The number of phenolic OH excluding ortho intramolecular Hbond substituents is 1. The van der Waals surface area contributed by atoms with Crippen molar-refractivity contribution < 1.29 is 9.90 Å². The highest BCUT2D eigenvalue weighted by Gasteiger charge is 2.15. The van der Waals surface area contributed by atoms with Crippen LogP contribution >= 0.6 is 0 Å². The van der Waals surface area contributed by atoms with E-state index in [2.05, 4.69) is 5.32 Å². The van der Waals surface area contributed by atoms with Crippen LogP contribution in [0.3, 0.4) is 0 Å². The van der Waals surface area contributed by atoms with Gasteiger partial charge in [-0.1, -0.05) is 0 Å².